The second-order valence-electron chi connectivity index (χ2n) is 4.28. The molecule has 2 amide bonds. The summed E-state index contributed by atoms with van der Waals surface area (Å²) in [4.78, 5) is 16.3. The molecule has 2 aromatic rings. The van der Waals surface area contributed by atoms with Crippen molar-refractivity contribution in [3.63, 3.8) is 0 Å². The Morgan fingerprint density at radius 3 is 2.80 bits per heavy atom. The van der Waals surface area contributed by atoms with Crippen LogP contribution >= 0.6 is 34.3 Å². The topological polar surface area (TPSA) is 32.3 Å². The van der Waals surface area contributed by atoms with E-state index in [9.17, 15) is 4.79 Å². The van der Waals surface area contributed by atoms with E-state index in [2.05, 4.69) is 16.8 Å². The normalized spacial score (nSPS) is 10.5. The first-order valence-electron chi connectivity index (χ1n) is 6.48. The Labute approximate surface area is 132 Å². The largest absolute Gasteiger partial charge is 0.338 e. The highest BCUT2D eigenvalue weighted by atomic mass is 35.5. The van der Waals surface area contributed by atoms with E-state index in [1.807, 2.05) is 25.1 Å². The summed E-state index contributed by atoms with van der Waals surface area (Å²) in [6.07, 6.45) is 0.881. The summed E-state index contributed by atoms with van der Waals surface area (Å²) in [7, 11) is 0. The number of thiophene rings is 2. The maximum absolute atomic E-state index is 12.1. The highest BCUT2D eigenvalue weighted by Crippen LogP contribution is 2.22. The van der Waals surface area contributed by atoms with Crippen LogP contribution < -0.4 is 5.32 Å². The highest BCUT2D eigenvalue weighted by molar-refractivity contribution is 7.16. The van der Waals surface area contributed by atoms with Gasteiger partial charge in [0, 0.05) is 22.8 Å². The molecule has 2 aromatic heterocycles. The van der Waals surface area contributed by atoms with Crippen LogP contribution in [0.2, 0.25) is 4.34 Å². The zero-order valence-corrected chi connectivity index (χ0v) is 13.7. The van der Waals surface area contributed by atoms with Gasteiger partial charge in [-0.25, -0.2) is 4.79 Å². The van der Waals surface area contributed by atoms with E-state index in [4.69, 9.17) is 11.6 Å². The maximum Gasteiger partial charge on any atom is 0.317 e. The average Bonchev–Trinajstić information content (AvgIpc) is 3.07. The predicted octanol–water partition coefficient (Wildman–Crippen LogP) is 4.24. The third-order valence-corrected chi connectivity index (χ3v) is 5.02. The van der Waals surface area contributed by atoms with Crippen molar-refractivity contribution in [2.75, 3.05) is 13.1 Å². The Balaban J connectivity index is 1.79. The summed E-state index contributed by atoms with van der Waals surface area (Å²) in [6.45, 7) is 3.94. The van der Waals surface area contributed by atoms with E-state index in [1.165, 1.54) is 16.2 Å². The third kappa shape index (κ3) is 4.51. The van der Waals surface area contributed by atoms with Gasteiger partial charge in [0.25, 0.3) is 0 Å². The molecule has 0 fully saturated rings. The van der Waals surface area contributed by atoms with Crippen LogP contribution in [0, 0.1) is 0 Å². The van der Waals surface area contributed by atoms with Crippen molar-refractivity contribution in [1.82, 2.24) is 10.2 Å². The molecule has 0 atom stereocenters. The quantitative estimate of drug-likeness (QED) is 0.845. The fraction of sp³-hybridized carbons (Fsp3) is 0.357. The molecular formula is C14H17ClN2OS2. The van der Waals surface area contributed by atoms with Gasteiger partial charge in [0.2, 0.25) is 0 Å². The Bertz CT molecular complexity index is 539. The summed E-state index contributed by atoms with van der Waals surface area (Å²) >= 11 is 9.14. The molecule has 0 aliphatic carbocycles. The molecule has 20 heavy (non-hydrogen) atoms. The summed E-state index contributed by atoms with van der Waals surface area (Å²) in [5.41, 5.74) is 0. The smallest absolute Gasteiger partial charge is 0.317 e. The first-order valence-corrected chi connectivity index (χ1v) is 8.56. The van der Waals surface area contributed by atoms with Gasteiger partial charge in [-0.1, -0.05) is 17.7 Å². The van der Waals surface area contributed by atoms with Gasteiger partial charge < -0.3 is 10.2 Å². The molecule has 0 aromatic carbocycles. The van der Waals surface area contributed by atoms with Crippen molar-refractivity contribution in [1.29, 1.82) is 0 Å². The van der Waals surface area contributed by atoms with Gasteiger partial charge in [-0.3, -0.25) is 0 Å². The fourth-order valence-corrected chi connectivity index (χ4v) is 3.62. The van der Waals surface area contributed by atoms with Crippen molar-refractivity contribution < 1.29 is 4.79 Å². The Kier molecular flexibility index (Phi) is 5.88. The van der Waals surface area contributed by atoms with Crippen molar-refractivity contribution in [3.05, 3.63) is 43.7 Å². The monoisotopic (exact) mass is 328 g/mol. The third-order valence-electron chi connectivity index (χ3n) is 2.87. The number of halogens is 1. The molecule has 108 valence electrons. The minimum Gasteiger partial charge on any atom is -0.338 e. The Morgan fingerprint density at radius 2 is 2.20 bits per heavy atom. The molecule has 0 unspecified atom stereocenters. The van der Waals surface area contributed by atoms with Gasteiger partial charge in [-0.05, 0) is 36.9 Å². The zero-order valence-electron chi connectivity index (χ0n) is 11.3. The lowest BCUT2D eigenvalue weighted by atomic mass is 10.3. The van der Waals surface area contributed by atoms with Crippen LogP contribution in [-0.4, -0.2) is 24.0 Å². The highest BCUT2D eigenvalue weighted by Gasteiger charge is 2.12. The molecular weight excluding hydrogens is 312 g/mol. The standard InChI is InChI=1S/C14H17ClN2OS2/c1-2-17(10-12-5-6-13(15)20-12)14(18)16-8-7-11-4-3-9-19-11/h3-6,9H,2,7-8,10H2,1H3,(H,16,18). The molecule has 0 radical (unpaired) electrons. The number of carbonyl (C=O) groups is 1. The first-order chi connectivity index (χ1) is 9.69. The van der Waals surface area contributed by atoms with Crippen LogP contribution in [0.3, 0.4) is 0 Å². The molecule has 0 saturated carbocycles. The van der Waals surface area contributed by atoms with Gasteiger partial charge in [-0.15, -0.1) is 22.7 Å². The molecule has 0 spiro atoms. The first kappa shape index (κ1) is 15.4. The fourth-order valence-electron chi connectivity index (χ4n) is 1.81. The minimum absolute atomic E-state index is 0.0198. The van der Waals surface area contributed by atoms with Crippen LogP contribution in [0.15, 0.2) is 29.6 Å². The van der Waals surface area contributed by atoms with E-state index in [0.717, 1.165) is 15.6 Å². The van der Waals surface area contributed by atoms with Crippen LogP contribution in [0.5, 0.6) is 0 Å². The van der Waals surface area contributed by atoms with Gasteiger partial charge in [0.15, 0.2) is 0 Å². The van der Waals surface area contributed by atoms with Crippen molar-refractivity contribution >= 4 is 40.3 Å². The van der Waals surface area contributed by atoms with E-state index < -0.39 is 0 Å². The summed E-state index contributed by atoms with van der Waals surface area (Å²) in [5.74, 6) is 0. The molecule has 0 saturated heterocycles. The van der Waals surface area contributed by atoms with Gasteiger partial charge in [0.1, 0.15) is 0 Å². The molecule has 0 bridgehead atoms. The van der Waals surface area contributed by atoms with E-state index in [0.29, 0.717) is 19.6 Å². The van der Waals surface area contributed by atoms with E-state index in [1.54, 1.807) is 16.2 Å². The van der Waals surface area contributed by atoms with Gasteiger partial charge in [-0.2, -0.15) is 0 Å². The number of urea groups is 1. The Hall–Kier alpha value is -1.04. The average molecular weight is 329 g/mol. The number of hydrogen-bond acceptors (Lipinski definition) is 3. The van der Waals surface area contributed by atoms with Crippen LogP contribution in [-0.2, 0) is 13.0 Å². The lowest BCUT2D eigenvalue weighted by Gasteiger charge is -2.20. The van der Waals surface area contributed by atoms with Crippen molar-refractivity contribution in [3.8, 4) is 0 Å². The second kappa shape index (κ2) is 7.67. The molecule has 1 N–H and O–H groups in total. The van der Waals surface area contributed by atoms with Crippen molar-refractivity contribution in [2.45, 2.75) is 19.9 Å². The van der Waals surface area contributed by atoms with Crippen LogP contribution in [0.1, 0.15) is 16.7 Å². The van der Waals surface area contributed by atoms with Crippen LogP contribution in [0.4, 0.5) is 4.79 Å². The molecule has 0 aliphatic rings. The van der Waals surface area contributed by atoms with Crippen LogP contribution in [0.25, 0.3) is 0 Å². The molecule has 3 nitrogen and oxygen atoms in total. The SMILES string of the molecule is CCN(Cc1ccc(Cl)s1)C(=O)NCCc1cccs1. The molecule has 2 heterocycles. The van der Waals surface area contributed by atoms with Gasteiger partial charge >= 0.3 is 6.03 Å². The summed E-state index contributed by atoms with van der Waals surface area (Å²) in [6, 6.07) is 7.93. The molecule has 0 aliphatic heterocycles. The number of hydrogen-bond donors (Lipinski definition) is 1. The lowest BCUT2D eigenvalue weighted by molar-refractivity contribution is 0.199. The van der Waals surface area contributed by atoms with Crippen molar-refractivity contribution in [2.24, 2.45) is 0 Å². The minimum atomic E-state index is -0.0198. The maximum atomic E-state index is 12.1. The van der Waals surface area contributed by atoms with E-state index >= 15 is 0 Å². The molecule has 6 heteroatoms. The molecule has 2 rings (SSSR count). The second-order valence-corrected chi connectivity index (χ2v) is 7.11. The number of amides is 2. The predicted molar refractivity (Wildman–Crippen MR) is 86.8 cm³/mol. The van der Waals surface area contributed by atoms with E-state index in [-0.39, 0.29) is 6.03 Å². The van der Waals surface area contributed by atoms with Gasteiger partial charge in [0.05, 0.1) is 10.9 Å². The summed E-state index contributed by atoms with van der Waals surface area (Å²) < 4.78 is 0.758. The zero-order chi connectivity index (χ0) is 14.4. The number of rotatable bonds is 6. The number of nitrogens with one attached hydrogen (secondary N) is 1. The number of carbonyl (C=O) groups excluding carboxylic acids is 1. The number of nitrogens with zero attached hydrogens (tertiary/aromatic N) is 1. The lowest BCUT2D eigenvalue weighted by Crippen LogP contribution is -2.40. The Morgan fingerprint density at radius 1 is 1.35 bits per heavy atom. The summed E-state index contributed by atoms with van der Waals surface area (Å²) in [5, 5.41) is 5.02.